The van der Waals surface area contributed by atoms with Gasteiger partial charge in [-0.05, 0) is 40.2 Å². The number of nitrogens with zero attached hydrogens (tertiary/aromatic N) is 5. The van der Waals surface area contributed by atoms with Crippen LogP contribution in [0.2, 0.25) is 0 Å². The number of aryl methyl sites for hydroxylation is 4. The maximum Gasteiger partial charge on any atom is 0.252 e. The monoisotopic (exact) mass is 358 g/mol. The number of thiazole rings is 1. The molecular formula is C17H22N6OS. The molecule has 0 saturated heterocycles. The summed E-state index contributed by atoms with van der Waals surface area (Å²) in [5, 5.41) is 8.37. The van der Waals surface area contributed by atoms with Crippen molar-refractivity contribution in [3.63, 3.8) is 0 Å². The smallest absolute Gasteiger partial charge is 0.252 e. The third kappa shape index (κ3) is 3.68. The third-order valence-corrected chi connectivity index (χ3v) is 5.25. The van der Waals surface area contributed by atoms with Crippen LogP contribution in [0.5, 0.6) is 0 Å². The molecule has 0 aliphatic carbocycles. The molecule has 7 nitrogen and oxygen atoms in total. The molecule has 3 aromatic rings. The van der Waals surface area contributed by atoms with Crippen LogP contribution < -0.4 is 5.32 Å². The minimum Gasteiger partial charge on any atom is -0.346 e. The van der Waals surface area contributed by atoms with Crippen LogP contribution in [-0.2, 0) is 11.2 Å². The lowest BCUT2D eigenvalue weighted by Gasteiger charge is -2.13. The zero-order chi connectivity index (χ0) is 18.1. The Bertz CT molecular complexity index is 909. The Balaban J connectivity index is 1.74. The number of amides is 1. The number of fused-ring (bicyclic) bond motifs is 1. The van der Waals surface area contributed by atoms with E-state index in [4.69, 9.17) is 0 Å². The van der Waals surface area contributed by atoms with Crippen molar-refractivity contribution in [2.75, 3.05) is 0 Å². The Morgan fingerprint density at radius 1 is 1.24 bits per heavy atom. The van der Waals surface area contributed by atoms with Gasteiger partial charge >= 0.3 is 0 Å². The average Bonchev–Trinajstić information content (AvgIpc) is 3.08. The van der Waals surface area contributed by atoms with Gasteiger partial charge < -0.3 is 5.32 Å². The second-order valence-corrected chi connectivity index (χ2v) is 7.41. The van der Waals surface area contributed by atoms with E-state index in [1.165, 1.54) is 4.88 Å². The highest BCUT2D eigenvalue weighted by Gasteiger charge is 2.19. The standard InChI is InChI=1S/C17H22N6OS/c1-6-13(16-19-11(4)12(5)25-16)20-15(24)8-14-21-17-18-9(2)7-10(3)23(17)22-14/h7,13H,6,8H2,1-5H3,(H,20,24)/t13-/m1/s1. The van der Waals surface area contributed by atoms with Gasteiger partial charge in [0.25, 0.3) is 5.78 Å². The van der Waals surface area contributed by atoms with Gasteiger partial charge in [-0.25, -0.2) is 14.5 Å². The van der Waals surface area contributed by atoms with Crippen molar-refractivity contribution in [2.45, 2.75) is 53.5 Å². The molecule has 1 amide bonds. The molecule has 0 aliphatic rings. The van der Waals surface area contributed by atoms with Crippen molar-refractivity contribution in [3.05, 3.63) is 38.9 Å². The lowest BCUT2D eigenvalue weighted by molar-refractivity contribution is -0.121. The Morgan fingerprint density at radius 3 is 2.64 bits per heavy atom. The van der Waals surface area contributed by atoms with E-state index in [1.54, 1.807) is 15.9 Å². The molecule has 0 saturated carbocycles. The Hall–Kier alpha value is -2.35. The quantitative estimate of drug-likeness (QED) is 0.758. The highest BCUT2D eigenvalue weighted by Crippen LogP contribution is 2.24. The van der Waals surface area contributed by atoms with Crippen LogP contribution in [0.4, 0.5) is 0 Å². The molecule has 0 unspecified atom stereocenters. The first-order valence-corrected chi connectivity index (χ1v) is 9.12. The molecule has 1 N–H and O–H groups in total. The molecule has 25 heavy (non-hydrogen) atoms. The topological polar surface area (TPSA) is 85.1 Å². The zero-order valence-corrected chi connectivity index (χ0v) is 15.9. The number of carbonyl (C=O) groups excluding carboxylic acids is 1. The largest absolute Gasteiger partial charge is 0.346 e. The third-order valence-electron chi connectivity index (χ3n) is 4.07. The molecule has 0 aliphatic heterocycles. The molecule has 3 rings (SSSR count). The summed E-state index contributed by atoms with van der Waals surface area (Å²) in [6, 6.07) is 1.86. The SMILES string of the molecule is CC[C@@H](NC(=O)Cc1nc2nc(C)cc(C)n2n1)c1nc(C)c(C)s1. The summed E-state index contributed by atoms with van der Waals surface area (Å²) in [7, 11) is 0. The molecular weight excluding hydrogens is 336 g/mol. The lowest BCUT2D eigenvalue weighted by Crippen LogP contribution is -2.29. The van der Waals surface area contributed by atoms with Crippen LogP contribution in [0, 0.1) is 27.7 Å². The van der Waals surface area contributed by atoms with Gasteiger partial charge in [-0.15, -0.1) is 16.4 Å². The summed E-state index contributed by atoms with van der Waals surface area (Å²) in [6.07, 6.45) is 0.915. The molecule has 8 heteroatoms. The molecule has 3 aromatic heterocycles. The predicted octanol–water partition coefficient (Wildman–Crippen LogP) is 2.62. The van der Waals surface area contributed by atoms with E-state index in [1.807, 2.05) is 40.7 Å². The van der Waals surface area contributed by atoms with E-state index in [2.05, 4.69) is 25.4 Å². The second-order valence-electron chi connectivity index (χ2n) is 6.18. The summed E-state index contributed by atoms with van der Waals surface area (Å²) >= 11 is 1.63. The molecule has 132 valence electrons. The summed E-state index contributed by atoms with van der Waals surface area (Å²) in [5.74, 6) is 0.890. The van der Waals surface area contributed by atoms with E-state index in [0.29, 0.717) is 11.6 Å². The van der Waals surface area contributed by atoms with Crippen molar-refractivity contribution in [3.8, 4) is 0 Å². The van der Waals surface area contributed by atoms with E-state index in [9.17, 15) is 4.79 Å². The van der Waals surface area contributed by atoms with Crippen LogP contribution >= 0.6 is 11.3 Å². The highest BCUT2D eigenvalue weighted by molar-refractivity contribution is 7.11. The van der Waals surface area contributed by atoms with Crippen LogP contribution in [0.25, 0.3) is 5.78 Å². The number of rotatable bonds is 5. The van der Waals surface area contributed by atoms with E-state index >= 15 is 0 Å². The number of carbonyl (C=O) groups is 1. The molecule has 0 bridgehead atoms. The predicted molar refractivity (Wildman–Crippen MR) is 96.7 cm³/mol. The molecule has 0 fully saturated rings. The normalized spacial score (nSPS) is 12.5. The number of aromatic nitrogens is 5. The Morgan fingerprint density at radius 2 is 2.00 bits per heavy atom. The van der Waals surface area contributed by atoms with Crippen molar-refractivity contribution in [2.24, 2.45) is 0 Å². The Labute approximate surface area is 150 Å². The second kappa shape index (κ2) is 6.87. The lowest BCUT2D eigenvalue weighted by atomic mass is 10.2. The van der Waals surface area contributed by atoms with Gasteiger partial charge in [0.2, 0.25) is 5.91 Å². The van der Waals surface area contributed by atoms with Crippen molar-refractivity contribution in [1.29, 1.82) is 0 Å². The molecule has 0 radical (unpaired) electrons. The maximum atomic E-state index is 12.4. The van der Waals surface area contributed by atoms with Crippen molar-refractivity contribution < 1.29 is 4.79 Å². The van der Waals surface area contributed by atoms with Crippen molar-refractivity contribution in [1.82, 2.24) is 29.9 Å². The molecule has 0 aromatic carbocycles. The van der Waals surface area contributed by atoms with E-state index < -0.39 is 0 Å². The van der Waals surface area contributed by atoms with Gasteiger partial charge in [-0.2, -0.15) is 4.98 Å². The van der Waals surface area contributed by atoms with Crippen molar-refractivity contribution >= 4 is 23.0 Å². The fourth-order valence-electron chi connectivity index (χ4n) is 2.66. The first-order chi connectivity index (χ1) is 11.9. The summed E-state index contributed by atoms with van der Waals surface area (Å²) in [5.41, 5.74) is 2.85. The fourth-order valence-corrected chi connectivity index (χ4v) is 3.71. The average molecular weight is 358 g/mol. The van der Waals surface area contributed by atoms with Gasteiger partial charge in [-0.3, -0.25) is 4.79 Å². The molecule has 3 heterocycles. The first kappa shape index (κ1) is 17.5. The molecule has 0 spiro atoms. The van der Waals surface area contributed by atoms with E-state index in [-0.39, 0.29) is 18.4 Å². The Kier molecular flexibility index (Phi) is 4.80. The van der Waals surface area contributed by atoms with E-state index in [0.717, 1.165) is 28.5 Å². The maximum absolute atomic E-state index is 12.4. The van der Waals surface area contributed by atoms with Gasteiger partial charge in [0.15, 0.2) is 5.82 Å². The minimum absolute atomic E-state index is 0.0796. The number of hydrogen-bond donors (Lipinski definition) is 1. The highest BCUT2D eigenvalue weighted by atomic mass is 32.1. The van der Waals surface area contributed by atoms with Crippen LogP contribution in [0.15, 0.2) is 6.07 Å². The summed E-state index contributed by atoms with van der Waals surface area (Å²) < 4.78 is 1.67. The zero-order valence-electron chi connectivity index (χ0n) is 15.1. The summed E-state index contributed by atoms with van der Waals surface area (Å²) in [6.45, 7) is 9.93. The van der Waals surface area contributed by atoms with Gasteiger partial charge in [0, 0.05) is 16.3 Å². The molecule has 1 atom stereocenters. The van der Waals surface area contributed by atoms with Gasteiger partial charge in [0.05, 0.1) is 18.2 Å². The number of hydrogen-bond acceptors (Lipinski definition) is 6. The van der Waals surface area contributed by atoms with Crippen LogP contribution in [0.1, 0.15) is 52.2 Å². The minimum atomic E-state index is -0.109. The fraction of sp³-hybridized carbons (Fsp3) is 0.471. The van der Waals surface area contributed by atoms with Gasteiger partial charge in [0.1, 0.15) is 5.01 Å². The summed E-state index contributed by atoms with van der Waals surface area (Å²) in [4.78, 5) is 26.9. The first-order valence-electron chi connectivity index (χ1n) is 8.30. The number of nitrogens with one attached hydrogen (secondary N) is 1. The van der Waals surface area contributed by atoms with Crippen LogP contribution in [-0.4, -0.2) is 30.5 Å². The van der Waals surface area contributed by atoms with Crippen LogP contribution in [0.3, 0.4) is 0 Å². The van der Waals surface area contributed by atoms with Gasteiger partial charge in [-0.1, -0.05) is 6.92 Å².